The van der Waals surface area contributed by atoms with Crippen molar-refractivity contribution in [2.24, 2.45) is 13.0 Å². The van der Waals surface area contributed by atoms with E-state index in [2.05, 4.69) is 36.6 Å². The summed E-state index contributed by atoms with van der Waals surface area (Å²) in [7, 11) is 6.01. The molecular weight excluding hydrogens is 364 g/mol. The third kappa shape index (κ3) is 4.21. The van der Waals surface area contributed by atoms with Gasteiger partial charge in [0.25, 0.3) is 0 Å². The lowest BCUT2D eigenvalue weighted by molar-refractivity contribution is 0.145. The molecule has 1 aliphatic carbocycles. The first-order valence-electron chi connectivity index (χ1n) is 10.2. The number of aliphatic hydroxyl groups excluding tert-OH is 1. The molecule has 1 fully saturated rings. The average Bonchev–Trinajstić information content (AvgIpc) is 3.40. The number of aromatic nitrogens is 4. The van der Waals surface area contributed by atoms with E-state index in [-0.39, 0.29) is 12.1 Å². The summed E-state index contributed by atoms with van der Waals surface area (Å²) < 4.78 is 4.29. The Labute approximate surface area is 172 Å². The van der Waals surface area contributed by atoms with Crippen molar-refractivity contribution in [2.45, 2.75) is 38.1 Å². The highest BCUT2D eigenvalue weighted by atomic mass is 16.3. The third-order valence-electron chi connectivity index (χ3n) is 5.83. The molecule has 0 radical (unpaired) electrons. The van der Waals surface area contributed by atoms with Crippen LogP contribution in [0.3, 0.4) is 0 Å². The first-order chi connectivity index (χ1) is 14.0. The molecule has 2 N–H and O–H groups in total. The molecule has 0 amide bonds. The van der Waals surface area contributed by atoms with Crippen LogP contribution in [0.1, 0.15) is 18.5 Å². The topological polar surface area (TPSA) is 71.1 Å². The van der Waals surface area contributed by atoms with E-state index in [4.69, 9.17) is 0 Å². The van der Waals surface area contributed by atoms with Crippen molar-refractivity contribution in [3.05, 3.63) is 54.6 Å². The van der Waals surface area contributed by atoms with Gasteiger partial charge in [-0.05, 0) is 18.8 Å². The molecule has 7 heteroatoms. The minimum Gasteiger partial charge on any atom is -0.391 e. The zero-order valence-electron chi connectivity index (χ0n) is 17.4. The first-order valence-corrected chi connectivity index (χ1v) is 10.2. The van der Waals surface area contributed by atoms with Crippen LogP contribution in [0.4, 0.5) is 5.95 Å². The van der Waals surface area contributed by atoms with Gasteiger partial charge in [0.15, 0.2) is 0 Å². The lowest BCUT2D eigenvalue weighted by atomic mass is 10.1. The molecule has 1 aromatic carbocycles. The molecule has 0 aliphatic heterocycles. The van der Waals surface area contributed by atoms with Gasteiger partial charge in [-0.3, -0.25) is 0 Å². The van der Waals surface area contributed by atoms with E-state index in [1.807, 2.05) is 62.8 Å². The fraction of sp³-hybridized carbons (Fsp3) is 0.455. The normalized spacial score (nSPS) is 21.6. The second kappa shape index (κ2) is 8.39. The van der Waals surface area contributed by atoms with Crippen LogP contribution in [0.2, 0.25) is 0 Å². The van der Waals surface area contributed by atoms with E-state index in [9.17, 15) is 5.11 Å². The van der Waals surface area contributed by atoms with Gasteiger partial charge in [0.1, 0.15) is 5.82 Å². The van der Waals surface area contributed by atoms with E-state index in [1.54, 1.807) is 0 Å². The van der Waals surface area contributed by atoms with Crippen LogP contribution in [-0.2, 0) is 20.1 Å². The Hall–Kier alpha value is -2.64. The molecule has 4 rings (SSSR count). The molecule has 1 aliphatic rings. The Morgan fingerprint density at radius 1 is 1.17 bits per heavy atom. The molecule has 1 unspecified atom stereocenters. The van der Waals surface area contributed by atoms with Gasteiger partial charge < -0.3 is 24.5 Å². The summed E-state index contributed by atoms with van der Waals surface area (Å²) in [6, 6.07) is 10.4. The molecule has 2 heterocycles. The van der Waals surface area contributed by atoms with Gasteiger partial charge in [-0.1, -0.05) is 30.3 Å². The number of nitrogens with zero attached hydrogens (tertiary/aromatic N) is 5. The zero-order valence-corrected chi connectivity index (χ0v) is 17.4. The lowest BCUT2D eigenvalue weighted by Crippen LogP contribution is -2.35. The molecule has 0 saturated heterocycles. The maximum atomic E-state index is 10.6. The fourth-order valence-corrected chi connectivity index (χ4v) is 4.32. The quantitative estimate of drug-likeness (QED) is 0.643. The van der Waals surface area contributed by atoms with Crippen molar-refractivity contribution in [3.8, 4) is 11.4 Å². The summed E-state index contributed by atoms with van der Waals surface area (Å²) in [5.41, 5.74) is 2.24. The number of nitrogens with one attached hydrogen (secondary N) is 1. The molecule has 3 aromatic rings. The van der Waals surface area contributed by atoms with E-state index in [0.717, 1.165) is 42.4 Å². The summed E-state index contributed by atoms with van der Waals surface area (Å²) in [4.78, 5) is 11.0. The monoisotopic (exact) mass is 394 g/mol. The molecule has 0 bridgehead atoms. The molecule has 3 atom stereocenters. The van der Waals surface area contributed by atoms with Crippen LogP contribution in [0.15, 0.2) is 48.9 Å². The molecule has 29 heavy (non-hydrogen) atoms. The molecule has 7 nitrogen and oxygen atoms in total. The molecule has 154 valence electrons. The van der Waals surface area contributed by atoms with Crippen LogP contribution in [0.25, 0.3) is 11.4 Å². The summed E-state index contributed by atoms with van der Waals surface area (Å²) in [5, 5.41) is 14.1. The van der Waals surface area contributed by atoms with Crippen LogP contribution in [0.5, 0.6) is 0 Å². The highest BCUT2D eigenvalue weighted by Gasteiger charge is 2.33. The van der Waals surface area contributed by atoms with Gasteiger partial charge in [0, 0.05) is 58.2 Å². The Bertz CT molecular complexity index is 932. The maximum Gasteiger partial charge on any atom is 0.204 e. The smallest absolute Gasteiger partial charge is 0.204 e. The maximum absolute atomic E-state index is 10.6. The van der Waals surface area contributed by atoms with Crippen molar-refractivity contribution in [2.75, 3.05) is 19.0 Å². The average molecular weight is 395 g/mol. The molecule has 2 aromatic heterocycles. The number of benzene rings is 1. The summed E-state index contributed by atoms with van der Waals surface area (Å²) >= 11 is 0. The Morgan fingerprint density at radius 3 is 2.69 bits per heavy atom. The SMILES string of the molecule is CN(C)c1ncc(CN[C@@H]2CC(Cn3ccnc3-c3ccccc3)C[C@H]2O)n1C. The van der Waals surface area contributed by atoms with Crippen LogP contribution in [0, 0.1) is 5.92 Å². The number of imidazole rings is 2. The van der Waals surface area contributed by atoms with Crippen molar-refractivity contribution in [1.82, 2.24) is 24.4 Å². The van der Waals surface area contributed by atoms with Gasteiger partial charge in [0.2, 0.25) is 5.95 Å². The van der Waals surface area contributed by atoms with Gasteiger partial charge in [0.05, 0.1) is 18.0 Å². The molecule has 0 spiro atoms. The van der Waals surface area contributed by atoms with Crippen molar-refractivity contribution in [1.29, 1.82) is 0 Å². The Kier molecular flexibility index (Phi) is 5.69. The highest BCUT2D eigenvalue weighted by molar-refractivity contribution is 5.55. The highest BCUT2D eigenvalue weighted by Crippen LogP contribution is 2.29. The minimum atomic E-state index is -0.328. The minimum absolute atomic E-state index is 0.0985. The fourth-order valence-electron chi connectivity index (χ4n) is 4.32. The van der Waals surface area contributed by atoms with E-state index >= 15 is 0 Å². The lowest BCUT2D eigenvalue weighted by Gasteiger charge is -2.18. The zero-order chi connectivity index (χ0) is 20.4. The van der Waals surface area contributed by atoms with E-state index in [0.29, 0.717) is 12.5 Å². The third-order valence-corrected chi connectivity index (χ3v) is 5.83. The van der Waals surface area contributed by atoms with E-state index < -0.39 is 0 Å². The number of hydrogen-bond acceptors (Lipinski definition) is 5. The second-order valence-corrected chi connectivity index (χ2v) is 8.16. The summed E-state index contributed by atoms with van der Waals surface area (Å²) in [6.45, 7) is 1.57. The standard InChI is InChI=1S/C22H30N6O/c1-26(2)22-25-14-18(27(22)3)13-24-19-11-16(12-20(19)29)15-28-10-9-23-21(28)17-7-5-4-6-8-17/h4-10,14,16,19-20,24,29H,11-13,15H2,1-3H3/t16?,19-,20-/m1/s1. The van der Waals surface area contributed by atoms with Gasteiger partial charge >= 0.3 is 0 Å². The van der Waals surface area contributed by atoms with Crippen LogP contribution < -0.4 is 10.2 Å². The number of hydrogen-bond donors (Lipinski definition) is 2. The number of aliphatic hydroxyl groups is 1. The van der Waals surface area contributed by atoms with Gasteiger partial charge in [-0.15, -0.1) is 0 Å². The van der Waals surface area contributed by atoms with Crippen LogP contribution in [-0.4, -0.2) is 50.4 Å². The van der Waals surface area contributed by atoms with Gasteiger partial charge in [-0.2, -0.15) is 0 Å². The Morgan fingerprint density at radius 2 is 1.97 bits per heavy atom. The largest absolute Gasteiger partial charge is 0.391 e. The number of anilines is 1. The van der Waals surface area contributed by atoms with Gasteiger partial charge in [-0.25, -0.2) is 9.97 Å². The number of rotatable bonds is 7. The van der Waals surface area contributed by atoms with Crippen molar-refractivity contribution in [3.63, 3.8) is 0 Å². The molecular formula is C22H30N6O. The predicted molar refractivity (Wildman–Crippen MR) is 115 cm³/mol. The Balaban J connectivity index is 1.37. The van der Waals surface area contributed by atoms with Crippen LogP contribution >= 0.6 is 0 Å². The van der Waals surface area contributed by atoms with E-state index in [1.165, 1.54) is 0 Å². The first kappa shape index (κ1) is 19.7. The summed E-state index contributed by atoms with van der Waals surface area (Å²) in [6.07, 6.45) is 7.22. The predicted octanol–water partition coefficient (Wildman–Crippen LogP) is 2.28. The van der Waals surface area contributed by atoms with Crippen molar-refractivity contribution >= 4 is 5.95 Å². The summed E-state index contributed by atoms with van der Waals surface area (Å²) in [5.74, 6) is 2.34. The molecule has 1 saturated carbocycles. The second-order valence-electron chi connectivity index (χ2n) is 8.16. The van der Waals surface area contributed by atoms with Crippen molar-refractivity contribution < 1.29 is 5.11 Å².